The second-order valence-electron chi connectivity index (χ2n) is 9.58. The van der Waals surface area contributed by atoms with Crippen molar-refractivity contribution in [1.82, 2.24) is 0 Å². The van der Waals surface area contributed by atoms with E-state index >= 15 is 0 Å². The summed E-state index contributed by atoms with van der Waals surface area (Å²) in [5, 5.41) is 23.7. The van der Waals surface area contributed by atoms with E-state index in [1.54, 1.807) is 0 Å². The Kier molecular flexibility index (Phi) is 3.59. The molecule has 4 rings (SSSR count). The molecule has 0 aromatic carbocycles. The molecule has 3 nitrogen and oxygen atoms in total. The number of terminal acetylenes is 1. The van der Waals surface area contributed by atoms with E-state index in [2.05, 4.69) is 24.9 Å². The van der Waals surface area contributed by atoms with Crippen molar-refractivity contribution in [1.29, 1.82) is 0 Å². The SMILES string of the molecule is C#C[C@]1(O)CC[C@@]2(C)[C@@H](CC[C@@H]3[C@@H]2CC[C@]2(C)/C(=N\O)CC[C@@H]32)C1. The van der Waals surface area contributed by atoms with Gasteiger partial charge in [0.1, 0.15) is 5.60 Å². The molecule has 0 heterocycles. The summed E-state index contributed by atoms with van der Waals surface area (Å²) in [4.78, 5) is 0. The van der Waals surface area contributed by atoms with Gasteiger partial charge in [-0.25, -0.2) is 0 Å². The van der Waals surface area contributed by atoms with E-state index in [1.165, 1.54) is 25.7 Å². The summed E-state index contributed by atoms with van der Waals surface area (Å²) in [6, 6.07) is 0. The molecule has 0 amide bonds. The summed E-state index contributed by atoms with van der Waals surface area (Å²) in [5.74, 6) is 5.40. The number of hydrogen-bond donors (Lipinski definition) is 2. The second-order valence-corrected chi connectivity index (χ2v) is 9.58. The lowest BCUT2D eigenvalue weighted by atomic mass is 9.44. The fourth-order valence-corrected chi connectivity index (χ4v) is 7.33. The Balaban J connectivity index is 1.62. The number of aliphatic hydroxyl groups is 1. The van der Waals surface area contributed by atoms with Crippen molar-refractivity contribution in [2.75, 3.05) is 0 Å². The molecule has 0 bridgehead atoms. The van der Waals surface area contributed by atoms with Gasteiger partial charge in [0.05, 0.1) is 5.71 Å². The predicted molar refractivity (Wildman–Crippen MR) is 94.7 cm³/mol. The summed E-state index contributed by atoms with van der Waals surface area (Å²) in [6.45, 7) is 4.81. The Bertz CT molecular complexity index is 607. The van der Waals surface area contributed by atoms with Crippen molar-refractivity contribution in [3.8, 4) is 12.3 Å². The summed E-state index contributed by atoms with van der Waals surface area (Å²) in [6.07, 6.45) is 15.2. The second kappa shape index (κ2) is 5.24. The molecule has 0 aromatic heterocycles. The van der Waals surface area contributed by atoms with Gasteiger partial charge < -0.3 is 10.3 Å². The van der Waals surface area contributed by atoms with Gasteiger partial charge in [0.15, 0.2) is 0 Å². The van der Waals surface area contributed by atoms with Crippen LogP contribution in [0, 0.1) is 46.8 Å². The quantitative estimate of drug-likeness (QED) is 0.397. The molecule has 0 unspecified atom stereocenters. The Morgan fingerprint density at radius 1 is 1.08 bits per heavy atom. The standard InChI is InChI=1S/C21H31NO2/c1-4-21(23)12-11-19(2)14(13-21)5-6-15-16-7-8-18(22-24)20(16,3)10-9-17(15)19/h1,14-17,23-24H,5-13H2,2-3H3/b22-18-/t14-,15-,16-,17-,19-,20-,21-/m0/s1. The lowest BCUT2D eigenvalue weighted by Crippen LogP contribution is -2.55. The third-order valence-corrected chi connectivity index (χ3v) is 8.86. The van der Waals surface area contributed by atoms with Gasteiger partial charge in [-0.1, -0.05) is 24.9 Å². The molecule has 4 aliphatic carbocycles. The maximum atomic E-state index is 10.6. The van der Waals surface area contributed by atoms with Crippen molar-refractivity contribution >= 4 is 5.71 Å². The molecule has 4 fully saturated rings. The number of oxime groups is 1. The minimum atomic E-state index is -0.871. The van der Waals surface area contributed by atoms with Crippen LogP contribution in [0.5, 0.6) is 0 Å². The summed E-state index contributed by atoms with van der Waals surface area (Å²) in [5.41, 5.74) is 0.618. The Morgan fingerprint density at radius 3 is 2.58 bits per heavy atom. The zero-order chi connectivity index (χ0) is 17.2. The van der Waals surface area contributed by atoms with Crippen LogP contribution in [-0.2, 0) is 0 Å². The first-order valence-corrected chi connectivity index (χ1v) is 9.78. The van der Waals surface area contributed by atoms with Crippen LogP contribution in [0.4, 0.5) is 0 Å². The van der Waals surface area contributed by atoms with Gasteiger partial charge in [-0.15, -0.1) is 6.42 Å². The minimum Gasteiger partial charge on any atom is -0.411 e. The molecule has 0 spiro atoms. The highest BCUT2D eigenvalue weighted by atomic mass is 16.4. The minimum absolute atomic E-state index is 0.118. The van der Waals surface area contributed by atoms with Crippen molar-refractivity contribution in [2.45, 2.75) is 77.2 Å². The Labute approximate surface area is 145 Å². The van der Waals surface area contributed by atoms with Gasteiger partial charge in [0.25, 0.3) is 0 Å². The predicted octanol–water partition coefficient (Wildman–Crippen LogP) is 4.22. The number of fused-ring (bicyclic) bond motifs is 5. The van der Waals surface area contributed by atoms with Crippen LogP contribution in [0.25, 0.3) is 0 Å². The maximum Gasteiger partial charge on any atom is 0.125 e. The molecular formula is C21H31NO2. The summed E-state index contributed by atoms with van der Waals surface area (Å²) in [7, 11) is 0. The third kappa shape index (κ3) is 2.05. The molecule has 3 heteroatoms. The van der Waals surface area contributed by atoms with Crippen molar-refractivity contribution in [3.63, 3.8) is 0 Å². The zero-order valence-electron chi connectivity index (χ0n) is 15.1. The van der Waals surface area contributed by atoms with Crippen molar-refractivity contribution < 1.29 is 10.3 Å². The van der Waals surface area contributed by atoms with E-state index in [0.29, 0.717) is 17.3 Å². The highest BCUT2D eigenvalue weighted by Gasteiger charge is 2.60. The molecule has 4 saturated carbocycles. The van der Waals surface area contributed by atoms with Crippen LogP contribution >= 0.6 is 0 Å². The highest BCUT2D eigenvalue weighted by Crippen LogP contribution is 2.66. The van der Waals surface area contributed by atoms with E-state index in [-0.39, 0.29) is 5.41 Å². The van der Waals surface area contributed by atoms with Gasteiger partial charge >= 0.3 is 0 Å². The third-order valence-electron chi connectivity index (χ3n) is 8.86. The molecule has 4 aliphatic rings. The van der Waals surface area contributed by atoms with Gasteiger partial charge in [0, 0.05) is 5.41 Å². The number of rotatable bonds is 0. The van der Waals surface area contributed by atoms with Crippen LogP contribution in [-0.4, -0.2) is 21.6 Å². The van der Waals surface area contributed by atoms with Gasteiger partial charge in [-0.3, -0.25) is 0 Å². The highest BCUT2D eigenvalue weighted by molar-refractivity contribution is 5.91. The first-order valence-electron chi connectivity index (χ1n) is 9.78. The van der Waals surface area contributed by atoms with Gasteiger partial charge in [0.2, 0.25) is 0 Å². The Hall–Kier alpha value is -1.01. The Morgan fingerprint density at radius 2 is 1.88 bits per heavy atom. The van der Waals surface area contributed by atoms with Crippen LogP contribution < -0.4 is 0 Å². The normalized spacial score (nSPS) is 55.3. The van der Waals surface area contributed by atoms with E-state index in [4.69, 9.17) is 6.42 Å². The van der Waals surface area contributed by atoms with E-state index in [1.807, 2.05) is 0 Å². The average molecular weight is 329 g/mol. The van der Waals surface area contributed by atoms with Crippen LogP contribution in [0.15, 0.2) is 5.16 Å². The van der Waals surface area contributed by atoms with Crippen molar-refractivity contribution in [2.24, 2.45) is 39.7 Å². The van der Waals surface area contributed by atoms with Gasteiger partial charge in [-0.2, -0.15) is 0 Å². The average Bonchev–Trinajstić information content (AvgIpc) is 2.92. The molecule has 24 heavy (non-hydrogen) atoms. The summed E-state index contributed by atoms with van der Waals surface area (Å²) >= 11 is 0. The largest absolute Gasteiger partial charge is 0.411 e. The maximum absolute atomic E-state index is 10.6. The topological polar surface area (TPSA) is 52.8 Å². The van der Waals surface area contributed by atoms with Crippen LogP contribution in [0.2, 0.25) is 0 Å². The first kappa shape index (κ1) is 16.5. The monoisotopic (exact) mass is 329 g/mol. The van der Waals surface area contributed by atoms with Crippen molar-refractivity contribution in [3.05, 3.63) is 0 Å². The fourth-order valence-electron chi connectivity index (χ4n) is 7.33. The lowest BCUT2D eigenvalue weighted by Gasteiger charge is -2.61. The van der Waals surface area contributed by atoms with E-state index in [9.17, 15) is 10.3 Å². The van der Waals surface area contributed by atoms with E-state index in [0.717, 1.165) is 49.7 Å². The molecule has 0 saturated heterocycles. The summed E-state index contributed by atoms with van der Waals surface area (Å²) < 4.78 is 0. The zero-order valence-corrected chi connectivity index (χ0v) is 15.1. The smallest absolute Gasteiger partial charge is 0.125 e. The molecule has 2 N–H and O–H groups in total. The molecule has 0 radical (unpaired) electrons. The molecule has 7 atom stereocenters. The van der Waals surface area contributed by atoms with Crippen LogP contribution in [0.1, 0.15) is 71.6 Å². The fraction of sp³-hybridized carbons (Fsp3) is 0.857. The van der Waals surface area contributed by atoms with Gasteiger partial charge in [-0.05, 0) is 86.9 Å². The molecule has 0 aliphatic heterocycles. The molecule has 0 aromatic rings. The first-order chi connectivity index (χ1) is 11.4. The molecular weight excluding hydrogens is 298 g/mol. The lowest BCUT2D eigenvalue weighted by molar-refractivity contribution is -0.127. The number of hydrogen-bond acceptors (Lipinski definition) is 3. The molecule has 132 valence electrons. The number of nitrogens with zero attached hydrogens (tertiary/aromatic N) is 1. The van der Waals surface area contributed by atoms with E-state index < -0.39 is 5.60 Å². The van der Waals surface area contributed by atoms with Crippen LogP contribution in [0.3, 0.4) is 0 Å².